The van der Waals surface area contributed by atoms with Crippen molar-refractivity contribution in [3.63, 3.8) is 0 Å². The molecule has 90 valence electrons. The Labute approximate surface area is 103 Å². The van der Waals surface area contributed by atoms with Crippen LogP contribution in [-0.2, 0) is 0 Å². The lowest BCUT2D eigenvalue weighted by atomic mass is 10.1. The van der Waals surface area contributed by atoms with Crippen LogP contribution in [0.5, 0.6) is 5.75 Å². The van der Waals surface area contributed by atoms with Crippen molar-refractivity contribution in [1.82, 2.24) is 0 Å². The molecule has 0 N–H and O–H groups in total. The molecule has 0 spiro atoms. The number of piperidine rings is 1. The highest BCUT2D eigenvalue weighted by atomic mass is 16.5. The fourth-order valence-corrected chi connectivity index (χ4v) is 2.26. The molecule has 1 aliphatic heterocycles. The molecule has 0 saturated carbocycles. The van der Waals surface area contributed by atoms with Gasteiger partial charge in [0, 0.05) is 19.2 Å². The standard InChI is InChI=1S/C14H18N2O/c1-2-17-13-7-6-12(11-15)14(10-13)16-8-4-3-5-9-16/h6-7,10H,2-5,8-9H2,1H3. The molecule has 1 aliphatic rings. The van der Waals surface area contributed by atoms with Crippen LogP contribution in [0.4, 0.5) is 5.69 Å². The van der Waals surface area contributed by atoms with Crippen LogP contribution in [0.3, 0.4) is 0 Å². The van der Waals surface area contributed by atoms with Gasteiger partial charge in [-0.2, -0.15) is 5.26 Å². The second-order valence-corrected chi connectivity index (χ2v) is 4.27. The summed E-state index contributed by atoms with van der Waals surface area (Å²) in [7, 11) is 0. The van der Waals surface area contributed by atoms with E-state index in [-0.39, 0.29) is 0 Å². The molecule has 0 amide bonds. The van der Waals surface area contributed by atoms with Gasteiger partial charge in [-0.3, -0.25) is 0 Å². The van der Waals surface area contributed by atoms with Crippen LogP contribution < -0.4 is 9.64 Å². The monoisotopic (exact) mass is 230 g/mol. The fourth-order valence-electron chi connectivity index (χ4n) is 2.26. The molecule has 17 heavy (non-hydrogen) atoms. The predicted molar refractivity (Wildman–Crippen MR) is 68.4 cm³/mol. The van der Waals surface area contributed by atoms with E-state index in [4.69, 9.17) is 10.00 Å². The predicted octanol–water partition coefficient (Wildman–Crippen LogP) is 2.95. The van der Waals surface area contributed by atoms with Crippen LogP contribution in [0.2, 0.25) is 0 Å². The topological polar surface area (TPSA) is 36.3 Å². The van der Waals surface area contributed by atoms with Crippen molar-refractivity contribution in [1.29, 1.82) is 5.26 Å². The molecule has 0 radical (unpaired) electrons. The number of nitriles is 1. The number of hydrogen-bond donors (Lipinski definition) is 0. The number of hydrogen-bond acceptors (Lipinski definition) is 3. The van der Waals surface area contributed by atoms with Gasteiger partial charge < -0.3 is 9.64 Å². The first-order valence-corrected chi connectivity index (χ1v) is 6.27. The highest BCUT2D eigenvalue weighted by Gasteiger charge is 2.15. The summed E-state index contributed by atoms with van der Waals surface area (Å²) in [6.07, 6.45) is 3.72. The average Bonchev–Trinajstić information content (AvgIpc) is 2.40. The Hall–Kier alpha value is -1.69. The van der Waals surface area contributed by atoms with Crippen LogP contribution in [-0.4, -0.2) is 19.7 Å². The van der Waals surface area contributed by atoms with Crippen LogP contribution in [0.15, 0.2) is 18.2 Å². The molecule has 1 heterocycles. The quantitative estimate of drug-likeness (QED) is 0.801. The van der Waals surface area contributed by atoms with Crippen molar-refractivity contribution in [2.45, 2.75) is 26.2 Å². The summed E-state index contributed by atoms with van der Waals surface area (Å²) in [5.41, 5.74) is 1.77. The Balaban J connectivity index is 2.28. The zero-order valence-corrected chi connectivity index (χ0v) is 10.3. The lowest BCUT2D eigenvalue weighted by Crippen LogP contribution is -2.30. The summed E-state index contributed by atoms with van der Waals surface area (Å²) in [4.78, 5) is 2.30. The van der Waals surface area contributed by atoms with Crippen molar-refractivity contribution in [2.75, 3.05) is 24.6 Å². The van der Waals surface area contributed by atoms with Gasteiger partial charge in [0.05, 0.1) is 17.9 Å². The fraction of sp³-hybridized carbons (Fsp3) is 0.500. The molecule has 0 atom stereocenters. The van der Waals surface area contributed by atoms with E-state index in [0.717, 1.165) is 30.1 Å². The Morgan fingerprint density at radius 3 is 2.71 bits per heavy atom. The molecule has 1 aromatic carbocycles. The van der Waals surface area contributed by atoms with Crippen molar-refractivity contribution < 1.29 is 4.74 Å². The molecule has 1 aromatic rings. The first kappa shape index (κ1) is 11.8. The van der Waals surface area contributed by atoms with E-state index in [1.807, 2.05) is 25.1 Å². The number of nitrogens with zero attached hydrogens (tertiary/aromatic N) is 2. The summed E-state index contributed by atoms with van der Waals surface area (Å²) in [6.45, 7) is 4.72. The summed E-state index contributed by atoms with van der Waals surface area (Å²) in [6, 6.07) is 7.99. The van der Waals surface area contributed by atoms with Crippen molar-refractivity contribution in [3.8, 4) is 11.8 Å². The summed E-state index contributed by atoms with van der Waals surface area (Å²) < 4.78 is 5.50. The van der Waals surface area contributed by atoms with Gasteiger partial charge in [-0.1, -0.05) is 0 Å². The number of benzene rings is 1. The first-order chi connectivity index (χ1) is 8.35. The molecular formula is C14H18N2O. The number of rotatable bonds is 3. The van der Waals surface area contributed by atoms with Gasteiger partial charge in [-0.25, -0.2) is 0 Å². The van der Waals surface area contributed by atoms with Gasteiger partial charge in [0.25, 0.3) is 0 Å². The third kappa shape index (κ3) is 2.71. The van der Waals surface area contributed by atoms with Gasteiger partial charge >= 0.3 is 0 Å². The Kier molecular flexibility index (Phi) is 3.87. The van der Waals surface area contributed by atoms with E-state index >= 15 is 0 Å². The molecule has 0 aliphatic carbocycles. The minimum absolute atomic E-state index is 0.658. The molecule has 1 fully saturated rings. The van der Waals surface area contributed by atoms with Crippen LogP contribution in [0, 0.1) is 11.3 Å². The summed E-state index contributed by atoms with van der Waals surface area (Å²) in [5.74, 6) is 0.854. The molecule has 0 aromatic heterocycles. The van der Waals surface area contributed by atoms with E-state index in [1.165, 1.54) is 19.3 Å². The van der Waals surface area contributed by atoms with Crippen molar-refractivity contribution >= 4 is 5.69 Å². The average molecular weight is 230 g/mol. The smallest absolute Gasteiger partial charge is 0.121 e. The molecule has 3 nitrogen and oxygen atoms in total. The molecule has 0 bridgehead atoms. The van der Waals surface area contributed by atoms with Gasteiger partial charge in [0.1, 0.15) is 11.8 Å². The van der Waals surface area contributed by atoms with Gasteiger partial charge in [0.15, 0.2) is 0 Å². The lowest BCUT2D eigenvalue weighted by Gasteiger charge is -2.29. The number of ether oxygens (including phenoxy) is 1. The second-order valence-electron chi connectivity index (χ2n) is 4.27. The number of anilines is 1. The van der Waals surface area contributed by atoms with Gasteiger partial charge in [-0.05, 0) is 38.3 Å². The first-order valence-electron chi connectivity index (χ1n) is 6.27. The minimum atomic E-state index is 0.658. The SMILES string of the molecule is CCOc1ccc(C#N)c(N2CCCCC2)c1. The molecular weight excluding hydrogens is 212 g/mol. The lowest BCUT2D eigenvalue weighted by molar-refractivity contribution is 0.340. The van der Waals surface area contributed by atoms with Gasteiger partial charge in [-0.15, -0.1) is 0 Å². The Morgan fingerprint density at radius 1 is 1.29 bits per heavy atom. The van der Waals surface area contributed by atoms with Crippen molar-refractivity contribution in [2.24, 2.45) is 0 Å². The zero-order valence-electron chi connectivity index (χ0n) is 10.3. The van der Waals surface area contributed by atoms with E-state index < -0.39 is 0 Å². The third-order valence-electron chi connectivity index (χ3n) is 3.10. The second kappa shape index (κ2) is 5.58. The van der Waals surface area contributed by atoms with E-state index in [9.17, 15) is 0 Å². The van der Waals surface area contributed by atoms with Crippen LogP contribution >= 0.6 is 0 Å². The third-order valence-corrected chi connectivity index (χ3v) is 3.10. The van der Waals surface area contributed by atoms with Crippen molar-refractivity contribution in [3.05, 3.63) is 23.8 Å². The minimum Gasteiger partial charge on any atom is -0.494 e. The summed E-state index contributed by atoms with van der Waals surface area (Å²) in [5, 5.41) is 9.15. The molecule has 1 saturated heterocycles. The van der Waals surface area contributed by atoms with E-state index in [2.05, 4.69) is 11.0 Å². The molecule has 0 unspecified atom stereocenters. The maximum Gasteiger partial charge on any atom is 0.121 e. The van der Waals surface area contributed by atoms with E-state index in [1.54, 1.807) is 0 Å². The Morgan fingerprint density at radius 2 is 2.06 bits per heavy atom. The molecule has 3 heteroatoms. The zero-order chi connectivity index (χ0) is 12.1. The van der Waals surface area contributed by atoms with Gasteiger partial charge in [0.2, 0.25) is 0 Å². The maximum absolute atomic E-state index is 9.15. The van der Waals surface area contributed by atoms with Crippen LogP contribution in [0.25, 0.3) is 0 Å². The highest BCUT2D eigenvalue weighted by molar-refractivity contribution is 5.62. The van der Waals surface area contributed by atoms with Crippen LogP contribution in [0.1, 0.15) is 31.7 Å². The van der Waals surface area contributed by atoms with E-state index in [0.29, 0.717) is 6.61 Å². The maximum atomic E-state index is 9.15. The summed E-state index contributed by atoms with van der Waals surface area (Å²) >= 11 is 0. The highest BCUT2D eigenvalue weighted by Crippen LogP contribution is 2.28. The Bertz CT molecular complexity index is 417. The normalized spacial score (nSPS) is 15.4. The molecule has 2 rings (SSSR count). The largest absolute Gasteiger partial charge is 0.494 e.